The maximum atomic E-state index is 13.8. The van der Waals surface area contributed by atoms with Crippen molar-refractivity contribution in [2.24, 2.45) is 5.92 Å². The van der Waals surface area contributed by atoms with Crippen molar-refractivity contribution in [3.05, 3.63) is 59.2 Å². The van der Waals surface area contributed by atoms with Gasteiger partial charge < -0.3 is 0 Å². The molecule has 2 aliphatic rings. The van der Waals surface area contributed by atoms with Crippen LogP contribution >= 0.6 is 23.2 Å². The van der Waals surface area contributed by atoms with E-state index in [1.807, 2.05) is 12.2 Å². The Morgan fingerprint density at radius 1 is 1.19 bits per heavy atom. The zero-order valence-electron chi connectivity index (χ0n) is 12.2. The van der Waals surface area contributed by atoms with Gasteiger partial charge in [-0.25, -0.2) is 4.39 Å². The summed E-state index contributed by atoms with van der Waals surface area (Å²) < 4.78 is 13.0. The Morgan fingerprint density at radius 2 is 1.86 bits per heavy atom. The van der Waals surface area contributed by atoms with Crippen LogP contribution in [0.15, 0.2) is 48.1 Å². The zero-order chi connectivity index (χ0) is 15.3. The summed E-state index contributed by atoms with van der Waals surface area (Å²) in [7, 11) is 0. The predicted octanol–water partition coefficient (Wildman–Crippen LogP) is 5.75. The van der Waals surface area contributed by atoms with Crippen LogP contribution in [0.3, 0.4) is 0 Å². The molecule has 0 aliphatic heterocycles. The van der Waals surface area contributed by atoms with Gasteiger partial charge in [0.25, 0.3) is 0 Å². The van der Waals surface area contributed by atoms with E-state index in [4.69, 9.17) is 23.2 Å². The molecule has 0 bridgehead atoms. The van der Waals surface area contributed by atoms with Gasteiger partial charge in [0, 0.05) is 18.3 Å². The molecule has 0 aromatic heterocycles. The standard InChI is InChI=1S/C18H19Cl2F/c1-3-12-4-6-13(7-5-12)15-16(18(15,19)20)14-8-10-17(2,21)11-9-14/h4-10,15-16H,3,11H2,1-2H3. The molecule has 0 nitrogen and oxygen atoms in total. The number of halogens is 3. The summed E-state index contributed by atoms with van der Waals surface area (Å²) in [4.78, 5) is 0. The van der Waals surface area contributed by atoms with E-state index in [0.29, 0.717) is 6.42 Å². The van der Waals surface area contributed by atoms with Crippen LogP contribution in [0.4, 0.5) is 4.39 Å². The Balaban J connectivity index is 1.82. The van der Waals surface area contributed by atoms with E-state index in [2.05, 4.69) is 31.2 Å². The van der Waals surface area contributed by atoms with Gasteiger partial charge in [-0.05, 0) is 36.1 Å². The van der Waals surface area contributed by atoms with E-state index in [-0.39, 0.29) is 11.8 Å². The number of alkyl halides is 3. The fraction of sp³-hybridized carbons (Fsp3) is 0.444. The van der Waals surface area contributed by atoms with Crippen molar-refractivity contribution >= 4 is 23.2 Å². The first kappa shape index (κ1) is 15.1. The fourth-order valence-electron chi connectivity index (χ4n) is 3.07. The Hall–Kier alpha value is -0.790. The van der Waals surface area contributed by atoms with Crippen LogP contribution in [0.2, 0.25) is 0 Å². The minimum atomic E-state index is -1.25. The Kier molecular flexibility index (Phi) is 3.70. The van der Waals surface area contributed by atoms with Gasteiger partial charge in [-0.2, -0.15) is 0 Å². The lowest BCUT2D eigenvalue weighted by Crippen LogP contribution is -2.16. The summed E-state index contributed by atoms with van der Waals surface area (Å²) in [6.45, 7) is 3.72. The van der Waals surface area contributed by atoms with Crippen molar-refractivity contribution < 1.29 is 4.39 Å². The molecule has 3 rings (SSSR count). The first-order valence-electron chi connectivity index (χ1n) is 7.40. The summed E-state index contributed by atoms with van der Waals surface area (Å²) in [6, 6.07) is 8.46. The third kappa shape index (κ3) is 2.78. The van der Waals surface area contributed by atoms with Crippen molar-refractivity contribution in [1.29, 1.82) is 0 Å². The van der Waals surface area contributed by atoms with Gasteiger partial charge in [-0.15, -0.1) is 23.2 Å². The molecular weight excluding hydrogens is 306 g/mol. The van der Waals surface area contributed by atoms with E-state index in [0.717, 1.165) is 17.6 Å². The largest absolute Gasteiger partial charge is 0.239 e. The minimum Gasteiger partial charge on any atom is -0.239 e. The highest BCUT2D eigenvalue weighted by Crippen LogP contribution is 2.68. The average Bonchev–Trinajstić information content (AvgIpc) is 3.01. The summed E-state index contributed by atoms with van der Waals surface area (Å²) in [5.41, 5.74) is 2.26. The van der Waals surface area contributed by atoms with Crippen molar-refractivity contribution in [2.75, 3.05) is 0 Å². The smallest absolute Gasteiger partial charge is 0.133 e. The number of aryl methyl sites for hydroxylation is 1. The molecule has 112 valence electrons. The fourth-order valence-corrected chi connectivity index (χ4v) is 3.95. The van der Waals surface area contributed by atoms with Crippen LogP contribution < -0.4 is 0 Å². The second kappa shape index (κ2) is 5.14. The van der Waals surface area contributed by atoms with Crippen LogP contribution in [-0.4, -0.2) is 10.0 Å². The number of hydrogen-bond acceptors (Lipinski definition) is 0. The van der Waals surface area contributed by atoms with E-state index in [9.17, 15) is 4.39 Å². The van der Waals surface area contributed by atoms with Crippen LogP contribution in [0.1, 0.15) is 37.3 Å². The molecule has 0 spiro atoms. The van der Waals surface area contributed by atoms with Gasteiger partial charge in [0.1, 0.15) is 10.0 Å². The maximum Gasteiger partial charge on any atom is 0.133 e. The van der Waals surface area contributed by atoms with Crippen molar-refractivity contribution in [2.45, 2.75) is 42.6 Å². The van der Waals surface area contributed by atoms with Crippen LogP contribution in [0, 0.1) is 5.92 Å². The van der Waals surface area contributed by atoms with Crippen LogP contribution in [0.5, 0.6) is 0 Å². The molecule has 1 fully saturated rings. The second-order valence-corrected chi connectivity index (χ2v) is 7.69. The van der Waals surface area contributed by atoms with E-state index in [1.54, 1.807) is 13.0 Å². The molecule has 0 radical (unpaired) electrons. The van der Waals surface area contributed by atoms with Gasteiger partial charge in [0.05, 0.1) is 0 Å². The molecule has 3 heteroatoms. The van der Waals surface area contributed by atoms with E-state index in [1.165, 1.54) is 5.56 Å². The molecule has 0 saturated heterocycles. The Bertz CT molecular complexity index is 596. The number of allylic oxidation sites excluding steroid dienone is 4. The SMILES string of the molecule is CCc1ccc(C2C(C3=CCC(C)(F)C=C3)C2(Cl)Cl)cc1. The summed E-state index contributed by atoms with van der Waals surface area (Å²) in [6.07, 6.45) is 6.80. The summed E-state index contributed by atoms with van der Waals surface area (Å²) >= 11 is 13.0. The topological polar surface area (TPSA) is 0 Å². The lowest BCUT2D eigenvalue weighted by Gasteiger charge is -2.19. The third-order valence-electron chi connectivity index (χ3n) is 4.52. The maximum absolute atomic E-state index is 13.8. The van der Waals surface area contributed by atoms with Gasteiger partial charge in [-0.3, -0.25) is 0 Å². The molecule has 3 atom stereocenters. The van der Waals surface area contributed by atoms with Crippen LogP contribution in [0.25, 0.3) is 0 Å². The molecule has 0 heterocycles. The molecule has 1 saturated carbocycles. The second-order valence-electron chi connectivity index (χ2n) is 6.24. The van der Waals surface area contributed by atoms with Gasteiger partial charge in [0.2, 0.25) is 0 Å². The third-order valence-corrected chi connectivity index (χ3v) is 5.46. The van der Waals surface area contributed by atoms with Gasteiger partial charge in [0.15, 0.2) is 0 Å². The van der Waals surface area contributed by atoms with Crippen LogP contribution in [-0.2, 0) is 6.42 Å². The highest BCUT2D eigenvalue weighted by Gasteiger charge is 2.64. The van der Waals surface area contributed by atoms with Crippen molar-refractivity contribution in [3.63, 3.8) is 0 Å². The molecular formula is C18H19Cl2F. The van der Waals surface area contributed by atoms with Gasteiger partial charge >= 0.3 is 0 Å². The lowest BCUT2D eigenvalue weighted by atomic mass is 9.92. The Morgan fingerprint density at radius 3 is 2.38 bits per heavy atom. The highest BCUT2D eigenvalue weighted by atomic mass is 35.5. The monoisotopic (exact) mass is 324 g/mol. The molecule has 2 aliphatic carbocycles. The van der Waals surface area contributed by atoms with E-state index >= 15 is 0 Å². The molecule has 21 heavy (non-hydrogen) atoms. The molecule has 0 amide bonds. The zero-order valence-corrected chi connectivity index (χ0v) is 13.8. The average molecular weight is 325 g/mol. The number of hydrogen-bond donors (Lipinski definition) is 0. The number of benzene rings is 1. The Labute approximate surface area is 135 Å². The van der Waals surface area contributed by atoms with Crippen molar-refractivity contribution in [3.8, 4) is 0 Å². The van der Waals surface area contributed by atoms with Gasteiger partial charge in [-0.1, -0.05) is 43.3 Å². The normalized spacial score (nSPS) is 33.7. The first-order valence-corrected chi connectivity index (χ1v) is 8.15. The minimum absolute atomic E-state index is 0.0562. The predicted molar refractivity (Wildman–Crippen MR) is 87.8 cm³/mol. The lowest BCUT2D eigenvalue weighted by molar-refractivity contribution is 0.258. The highest BCUT2D eigenvalue weighted by molar-refractivity contribution is 6.52. The molecule has 1 aromatic carbocycles. The molecule has 3 unspecified atom stereocenters. The van der Waals surface area contributed by atoms with E-state index < -0.39 is 10.0 Å². The number of rotatable bonds is 3. The molecule has 1 aromatic rings. The summed E-state index contributed by atoms with van der Waals surface area (Å²) in [5, 5.41) is 0. The quantitative estimate of drug-likeness (QED) is 0.621. The van der Waals surface area contributed by atoms with Crippen molar-refractivity contribution in [1.82, 2.24) is 0 Å². The summed E-state index contributed by atoms with van der Waals surface area (Å²) in [5.74, 6) is 0.146. The molecule has 0 N–H and O–H groups in total. The first-order chi connectivity index (χ1) is 9.85.